The monoisotopic (exact) mass is 706 g/mol. The molecule has 3 aromatic heterocycles. The average molecular weight is 707 g/mol. The second-order valence-corrected chi connectivity index (χ2v) is 14.7. The van der Waals surface area contributed by atoms with Gasteiger partial charge in [-0.3, -0.25) is 0 Å². The number of thiophene rings is 1. The SMILES string of the molecule is c1ccc(-c2nc(-c3ccccc3)nc(-c3ccc4c(c3)sc3c(-c5ccc6c(c5)c5ccccc5n6-c5ccccc5)cc5ccccc5c34)n2)cc1. The highest BCUT2D eigenvalue weighted by Crippen LogP contribution is 2.46. The molecule has 0 aliphatic carbocycles. The quantitative estimate of drug-likeness (QED) is 0.179. The van der Waals surface area contributed by atoms with Crippen LogP contribution in [0.4, 0.5) is 0 Å². The molecule has 0 aliphatic heterocycles. The zero-order valence-corrected chi connectivity index (χ0v) is 29.8. The smallest absolute Gasteiger partial charge is 0.164 e. The Balaban J connectivity index is 1.12. The molecule has 8 aromatic carbocycles. The molecular weight excluding hydrogens is 677 g/mol. The van der Waals surface area contributed by atoms with E-state index in [1.165, 1.54) is 63.9 Å². The number of rotatable bonds is 5. The summed E-state index contributed by atoms with van der Waals surface area (Å²) in [7, 11) is 0. The van der Waals surface area contributed by atoms with Gasteiger partial charge in [-0.05, 0) is 58.8 Å². The second-order valence-electron chi connectivity index (χ2n) is 13.6. The van der Waals surface area contributed by atoms with E-state index >= 15 is 0 Å². The minimum Gasteiger partial charge on any atom is -0.309 e. The minimum absolute atomic E-state index is 0.660. The van der Waals surface area contributed by atoms with Crippen molar-refractivity contribution in [1.29, 1.82) is 0 Å². The first-order valence-corrected chi connectivity index (χ1v) is 18.9. The molecule has 0 amide bonds. The molecule has 0 saturated carbocycles. The topological polar surface area (TPSA) is 43.6 Å². The fourth-order valence-electron chi connectivity index (χ4n) is 7.91. The first-order valence-electron chi connectivity index (χ1n) is 18.1. The van der Waals surface area contributed by atoms with Crippen LogP contribution in [0.1, 0.15) is 0 Å². The molecule has 11 aromatic rings. The fourth-order valence-corrected chi connectivity index (χ4v) is 9.21. The number of nitrogens with zero attached hydrogens (tertiary/aromatic N) is 4. The number of benzene rings is 8. The van der Waals surface area contributed by atoms with E-state index in [-0.39, 0.29) is 0 Å². The molecule has 3 heterocycles. The van der Waals surface area contributed by atoms with Crippen molar-refractivity contribution in [1.82, 2.24) is 19.5 Å². The lowest BCUT2D eigenvalue weighted by Gasteiger charge is -2.10. The summed E-state index contributed by atoms with van der Waals surface area (Å²) < 4.78 is 4.85. The Hall–Kier alpha value is -6.95. The van der Waals surface area contributed by atoms with E-state index in [9.17, 15) is 0 Å². The highest BCUT2D eigenvalue weighted by molar-refractivity contribution is 7.26. The van der Waals surface area contributed by atoms with Gasteiger partial charge >= 0.3 is 0 Å². The standard InChI is InChI=1S/C49H30N4S/c1-4-14-31(15-5-1)47-50-48(32-16-6-2-7-17-32)52-49(51-47)35-24-26-39-44(30-35)54-46-40(28-33-18-10-11-21-37(33)45(39)46)34-25-27-43-41(29-34)38-22-12-13-23-42(38)53(43)36-19-8-3-9-20-36/h1-30H. The zero-order valence-electron chi connectivity index (χ0n) is 29.0. The van der Waals surface area contributed by atoms with Gasteiger partial charge in [0.1, 0.15) is 0 Å². The first kappa shape index (κ1) is 30.7. The molecule has 0 radical (unpaired) electrons. The van der Waals surface area contributed by atoms with Gasteiger partial charge in [-0.1, -0.05) is 140 Å². The van der Waals surface area contributed by atoms with Crippen LogP contribution in [-0.4, -0.2) is 19.5 Å². The lowest BCUT2D eigenvalue weighted by atomic mass is 9.95. The van der Waals surface area contributed by atoms with Crippen LogP contribution in [0.15, 0.2) is 182 Å². The summed E-state index contributed by atoms with van der Waals surface area (Å²) in [5.41, 5.74) is 8.90. The van der Waals surface area contributed by atoms with Gasteiger partial charge in [-0.15, -0.1) is 11.3 Å². The molecule has 0 N–H and O–H groups in total. The van der Waals surface area contributed by atoms with Gasteiger partial charge < -0.3 is 4.57 Å². The Kier molecular flexibility index (Phi) is 7.00. The first-order chi connectivity index (χ1) is 26.8. The van der Waals surface area contributed by atoms with Crippen LogP contribution in [0.5, 0.6) is 0 Å². The van der Waals surface area contributed by atoms with E-state index in [0.29, 0.717) is 17.5 Å². The molecule has 4 nitrogen and oxygen atoms in total. The summed E-state index contributed by atoms with van der Waals surface area (Å²) in [5, 5.41) is 7.50. The summed E-state index contributed by atoms with van der Waals surface area (Å²) in [6.45, 7) is 0. The van der Waals surface area contributed by atoms with Gasteiger partial charge in [0.25, 0.3) is 0 Å². The summed E-state index contributed by atoms with van der Waals surface area (Å²) in [6.07, 6.45) is 0. The van der Waals surface area contributed by atoms with E-state index < -0.39 is 0 Å². The number of aromatic nitrogens is 4. The molecule has 54 heavy (non-hydrogen) atoms. The molecule has 0 unspecified atom stereocenters. The molecule has 0 spiro atoms. The lowest BCUT2D eigenvalue weighted by Crippen LogP contribution is -1.99. The predicted octanol–water partition coefficient (Wildman–Crippen LogP) is 13.2. The normalized spacial score (nSPS) is 11.7. The molecular formula is C49H30N4S. The third kappa shape index (κ3) is 4.94. The van der Waals surface area contributed by atoms with Crippen LogP contribution >= 0.6 is 11.3 Å². The molecule has 5 heteroatoms. The maximum atomic E-state index is 5.03. The van der Waals surface area contributed by atoms with Crippen molar-refractivity contribution in [2.45, 2.75) is 0 Å². The highest BCUT2D eigenvalue weighted by atomic mass is 32.1. The second kappa shape index (κ2) is 12.3. The number of hydrogen-bond acceptors (Lipinski definition) is 4. The maximum absolute atomic E-state index is 5.03. The van der Waals surface area contributed by atoms with Gasteiger partial charge in [0.2, 0.25) is 0 Å². The molecule has 0 fully saturated rings. The van der Waals surface area contributed by atoms with Crippen molar-refractivity contribution in [2.24, 2.45) is 0 Å². The summed E-state index contributed by atoms with van der Waals surface area (Å²) in [6, 6.07) is 64.4. The third-order valence-electron chi connectivity index (χ3n) is 10.4. The summed E-state index contributed by atoms with van der Waals surface area (Å²) in [4.78, 5) is 15.0. The number of fused-ring (bicyclic) bond motifs is 8. The van der Waals surface area contributed by atoms with E-state index in [2.05, 4.69) is 126 Å². The molecule has 252 valence electrons. The third-order valence-corrected chi connectivity index (χ3v) is 11.6. The Morgan fingerprint density at radius 3 is 1.69 bits per heavy atom. The fraction of sp³-hybridized carbons (Fsp3) is 0. The Morgan fingerprint density at radius 2 is 0.963 bits per heavy atom. The van der Waals surface area contributed by atoms with Gasteiger partial charge in [-0.25, -0.2) is 15.0 Å². The van der Waals surface area contributed by atoms with E-state index in [1.54, 1.807) is 0 Å². The number of hydrogen-bond donors (Lipinski definition) is 0. The van der Waals surface area contributed by atoms with Crippen LogP contribution in [0, 0.1) is 0 Å². The van der Waals surface area contributed by atoms with Crippen molar-refractivity contribution < 1.29 is 0 Å². The van der Waals surface area contributed by atoms with Crippen LogP contribution in [0.2, 0.25) is 0 Å². The van der Waals surface area contributed by atoms with Crippen molar-refractivity contribution >= 4 is 64.1 Å². The van der Waals surface area contributed by atoms with E-state index in [4.69, 9.17) is 15.0 Å². The molecule has 0 bridgehead atoms. The largest absolute Gasteiger partial charge is 0.309 e. The summed E-state index contributed by atoms with van der Waals surface area (Å²) in [5.74, 6) is 1.98. The van der Waals surface area contributed by atoms with Crippen molar-refractivity contribution in [3.63, 3.8) is 0 Å². The average Bonchev–Trinajstić information content (AvgIpc) is 3.80. The highest BCUT2D eigenvalue weighted by Gasteiger charge is 2.19. The van der Waals surface area contributed by atoms with Gasteiger partial charge in [0.15, 0.2) is 17.5 Å². The Labute approximate surface area is 315 Å². The Bertz CT molecular complexity index is 3140. The predicted molar refractivity (Wildman–Crippen MR) is 226 cm³/mol. The van der Waals surface area contributed by atoms with E-state index in [0.717, 1.165) is 22.4 Å². The van der Waals surface area contributed by atoms with Gasteiger partial charge in [0.05, 0.1) is 11.0 Å². The van der Waals surface area contributed by atoms with Gasteiger partial charge in [0, 0.05) is 58.9 Å². The lowest BCUT2D eigenvalue weighted by molar-refractivity contribution is 1.07. The zero-order chi connectivity index (χ0) is 35.6. The maximum Gasteiger partial charge on any atom is 0.164 e. The van der Waals surface area contributed by atoms with Crippen LogP contribution in [0.3, 0.4) is 0 Å². The molecule has 0 aliphatic rings. The number of para-hydroxylation sites is 2. The van der Waals surface area contributed by atoms with Gasteiger partial charge in [-0.2, -0.15) is 0 Å². The van der Waals surface area contributed by atoms with Crippen molar-refractivity contribution in [3.05, 3.63) is 182 Å². The van der Waals surface area contributed by atoms with Crippen LogP contribution < -0.4 is 0 Å². The minimum atomic E-state index is 0.660. The molecule has 0 atom stereocenters. The Morgan fingerprint density at radius 1 is 0.389 bits per heavy atom. The molecule has 11 rings (SSSR count). The molecule has 0 saturated heterocycles. The summed E-state index contributed by atoms with van der Waals surface area (Å²) >= 11 is 1.84. The van der Waals surface area contributed by atoms with Crippen LogP contribution in [0.25, 0.3) is 104 Å². The van der Waals surface area contributed by atoms with Crippen molar-refractivity contribution in [2.75, 3.05) is 0 Å². The van der Waals surface area contributed by atoms with E-state index in [1.807, 2.05) is 72.0 Å². The van der Waals surface area contributed by atoms with Crippen LogP contribution in [-0.2, 0) is 0 Å². The van der Waals surface area contributed by atoms with Crippen molar-refractivity contribution in [3.8, 4) is 51.0 Å².